The minimum atomic E-state index is -0.0529. The van der Waals surface area contributed by atoms with Crippen LogP contribution in [0.25, 0.3) is 0 Å². The van der Waals surface area contributed by atoms with Gasteiger partial charge in [0.2, 0.25) is 0 Å². The van der Waals surface area contributed by atoms with Crippen LogP contribution >= 0.6 is 0 Å². The minimum absolute atomic E-state index is 0.0529. The average Bonchev–Trinajstić information content (AvgIpc) is 2.18. The Hall–Kier alpha value is -0.340. The van der Waals surface area contributed by atoms with E-state index >= 15 is 0 Å². The average molecular weight is 200 g/mol. The maximum atomic E-state index is 5.42. The molecule has 2 heteroatoms. The molecule has 0 N–H and O–H groups in total. The van der Waals surface area contributed by atoms with Gasteiger partial charge in [0.1, 0.15) is 0 Å². The van der Waals surface area contributed by atoms with E-state index in [0.717, 1.165) is 6.42 Å². The van der Waals surface area contributed by atoms with Crippen LogP contribution in [0.15, 0.2) is 12.2 Å². The molecule has 0 heterocycles. The zero-order valence-electron chi connectivity index (χ0n) is 9.79. The molecule has 0 rings (SSSR count). The lowest BCUT2D eigenvalue weighted by Crippen LogP contribution is -2.16. The molecule has 0 radical (unpaired) electrons. The van der Waals surface area contributed by atoms with Crippen LogP contribution in [0.3, 0.4) is 0 Å². The number of unbranched alkanes of at least 4 members (excludes halogenated alkanes) is 2. The summed E-state index contributed by atoms with van der Waals surface area (Å²) in [6, 6.07) is 0. The first-order valence-electron chi connectivity index (χ1n) is 5.73. The zero-order valence-corrected chi connectivity index (χ0v) is 9.79. The van der Waals surface area contributed by atoms with Gasteiger partial charge in [0, 0.05) is 19.6 Å². The first kappa shape index (κ1) is 13.7. The second kappa shape index (κ2) is 10.7. The largest absolute Gasteiger partial charge is 0.353 e. The van der Waals surface area contributed by atoms with Gasteiger partial charge < -0.3 is 9.47 Å². The Morgan fingerprint density at radius 2 is 1.64 bits per heavy atom. The monoisotopic (exact) mass is 200 g/mol. The molecule has 0 aromatic heterocycles. The quantitative estimate of drug-likeness (QED) is 0.322. The van der Waals surface area contributed by atoms with Crippen molar-refractivity contribution in [2.75, 3.05) is 13.2 Å². The van der Waals surface area contributed by atoms with E-state index in [1.807, 2.05) is 13.8 Å². The second-order valence-corrected chi connectivity index (χ2v) is 3.19. The maximum Gasteiger partial charge on any atom is 0.160 e. The lowest BCUT2D eigenvalue weighted by atomic mass is 10.2. The van der Waals surface area contributed by atoms with Crippen molar-refractivity contribution >= 4 is 0 Å². The van der Waals surface area contributed by atoms with Gasteiger partial charge in [0.15, 0.2) is 6.29 Å². The lowest BCUT2D eigenvalue weighted by molar-refractivity contribution is -0.133. The van der Waals surface area contributed by atoms with E-state index in [0.29, 0.717) is 13.2 Å². The molecule has 0 spiro atoms. The van der Waals surface area contributed by atoms with Crippen LogP contribution in [0, 0.1) is 0 Å². The van der Waals surface area contributed by atoms with Gasteiger partial charge in [0.25, 0.3) is 0 Å². The molecule has 0 bridgehead atoms. The van der Waals surface area contributed by atoms with Gasteiger partial charge in [-0.05, 0) is 20.3 Å². The van der Waals surface area contributed by atoms with E-state index in [9.17, 15) is 0 Å². The highest BCUT2D eigenvalue weighted by molar-refractivity contribution is 4.82. The fourth-order valence-corrected chi connectivity index (χ4v) is 1.20. The SMILES string of the molecule is CCCC/C=C\CC(OCC)OCC. The molecule has 0 aliphatic carbocycles. The summed E-state index contributed by atoms with van der Waals surface area (Å²) >= 11 is 0. The maximum absolute atomic E-state index is 5.42. The van der Waals surface area contributed by atoms with Gasteiger partial charge in [-0.25, -0.2) is 0 Å². The van der Waals surface area contributed by atoms with Gasteiger partial charge in [-0.1, -0.05) is 31.9 Å². The molecule has 0 aliphatic heterocycles. The Balaban J connectivity index is 3.52. The highest BCUT2D eigenvalue weighted by Gasteiger charge is 2.03. The van der Waals surface area contributed by atoms with Crippen LogP contribution in [0.1, 0.15) is 46.5 Å². The van der Waals surface area contributed by atoms with Crippen molar-refractivity contribution in [3.05, 3.63) is 12.2 Å². The van der Waals surface area contributed by atoms with Crippen molar-refractivity contribution in [3.8, 4) is 0 Å². The normalized spacial score (nSPS) is 11.7. The van der Waals surface area contributed by atoms with Crippen LogP contribution in [-0.4, -0.2) is 19.5 Å². The van der Waals surface area contributed by atoms with Crippen LogP contribution in [0.4, 0.5) is 0 Å². The number of hydrogen-bond acceptors (Lipinski definition) is 2. The number of rotatable bonds is 9. The summed E-state index contributed by atoms with van der Waals surface area (Å²) in [5.41, 5.74) is 0. The lowest BCUT2D eigenvalue weighted by Gasteiger charge is -2.14. The second-order valence-electron chi connectivity index (χ2n) is 3.19. The molecule has 0 aliphatic rings. The fourth-order valence-electron chi connectivity index (χ4n) is 1.20. The molecule has 0 saturated heterocycles. The number of allylic oxidation sites excluding steroid dienone is 1. The topological polar surface area (TPSA) is 18.5 Å². The van der Waals surface area contributed by atoms with Crippen molar-refractivity contribution in [1.29, 1.82) is 0 Å². The summed E-state index contributed by atoms with van der Waals surface area (Å²) in [5.74, 6) is 0. The van der Waals surface area contributed by atoms with E-state index in [1.54, 1.807) is 0 Å². The number of ether oxygens (including phenoxy) is 2. The Morgan fingerprint density at radius 3 is 2.14 bits per heavy atom. The fraction of sp³-hybridized carbons (Fsp3) is 0.833. The third-order valence-corrected chi connectivity index (χ3v) is 1.92. The predicted molar refractivity (Wildman–Crippen MR) is 60.3 cm³/mol. The summed E-state index contributed by atoms with van der Waals surface area (Å²) < 4.78 is 10.8. The van der Waals surface area contributed by atoms with Crippen LogP contribution < -0.4 is 0 Å². The smallest absolute Gasteiger partial charge is 0.160 e. The molecule has 0 saturated carbocycles. The molecular formula is C12H24O2. The summed E-state index contributed by atoms with van der Waals surface area (Å²) in [5, 5.41) is 0. The summed E-state index contributed by atoms with van der Waals surface area (Å²) in [6.45, 7) is 7.62. The molecular weight excluding hydrogens is 176 g/mol. The van der Waals surface area contributed by atoms with E-state index in [4.69, 9.17) is 9.47 Å². The molecule has 0 aromatic carbocycles. The molecule has 84 valence electrons. The van der Waals surface area contributed by atoms with Gasteiger partial charge in [0.05, 0.1) is 0 Å². The standard InChI is InChI=1S/C12H24O2/c1-4-7-8-9-10-11-12(13-5-2)14-6-3/h9-10,12H,4-8,11H2,1-3H3/b10-9-. The van der Waals surface area contributed by atoms with Crippen molar-refractivity contribution in [2.24, 2.45) is 0 Å². The molecule has 2 nitrogen and oxygen atoms in total. The Kier molecular flexibility index (Phi) is 10.5. The molecule has 14 heavy (non-hydrogen) atoms. The van der Waals surface area contributed by atoms with Crippen LogP contribution in [-0.2, 0) is 9.47 Å². The van der Waals surface area contributed by atoms with Gasteiger partial charge >= 0.3 is 0 Å². The highest BCUT2D eigenvalue weighted by Crippen LogP contribution is 2.03. The number of hydrogen-bond donors (Lipinski definition) is 0. The van der Waals surface area contributed by atoms with Gasteiger partial charge in [-0.3, -0.25) is 0 Å². The Labute approximate surface area is 88.3 Å². The summed E-state index contributed by atoms with van der Waals surface area (Å²) in [6.07, 6.45) is 8.88. The Bertz CT molecular complexity index is 126. The van der Waals surface area contributed by atoms with E-state index in [2.05, 4.69) is 19.1 Å². The summed E-state index contributed by atoms with van der Waals surface area (Å²) in [4.78, 5) is 0. The third-order valence-electron chi connectivity index (χ3n) is 1.92. The van der Waals surface area contributed by atoms with Crippen molar-refractivity contribution in [1.82, 2.24) is 0 Å². The van der Waals surface area contributed by atoms with Crippen molar-refractivity contribution < 1.29 is 9.47 Å². The first-order chi connectivity index (χ1) is 6.85. The minimum Gasteiger partial charge on any atom is -0.353 e. The van der Waals surface area contributed by atoms with E-state index in [1.165, 1.54) is 19.3 Å². The summed E-state index contributed by atoms with van der Waals surface area (Å²) in [7, 11) is 0. The van der Waals surface area contributed by atoms with Gasteiger partial charge in [-0.15, -0.1) is 0 Å². The predicted octanol–water partition coefficient (Wildman–Crippen LogP) is 3.52. The van der Waals surface area contributed by atoms with E-state index in [-0.39, 0.29) is 6.29 Å². The molecule has 0 unspecified atom stereocenters. The molecule has 0 amide bonds. The van der Waals surface area contributed by atoms with E-state index < -0.39 is 0 Å². The highest BCUT2D eigenvalue weighted by atomic mass is 16.7. The molecule has 0 atom stereocenters. The third kappa shape index (κ3) is 8.27. The zero-order chi connectivity index (χ0) is 10.6. The van der Waals surface area contributed by atoms with Crippen molar-refractivity contribution in [2.45, 2.75) is 52.7 Å². The van der Waals surface area contributed by atoms with Crippen molar-refractivity contribution in [3.63, 3.8) is 0 Å². The Morgan fingerprint density at radius 1 is 1.00 bits per heavy atom. The van der Waals surface area contributed by atoms with Crippen LogP contribution in [0.5, 0.6) is 0 Å². The molecule has 0 aromatic rings. The molecule has 0 fully saturated rings. The van der Waals surface area contributed by atoms with Gasteiger partial charge in [-0.2, -0.15) is 0 Å². The van der Waals surface area contributed by atoms with Crippen LogP contribution in [0.2, 0.25) is 0 Å². The first-order valence-corrected chi connectivity index (χ1v) is 5.73.